The second-order valence-electron chi connectivity index (χ2n) is 9.22. The Labute approximate surface area is 210 Å². The second-order valence-corrected chi connectivity index (χ2v) is 9.22. The molecule has 2 N–H and O–H groups in total. The smallest absolute Gasteiger partial charge is 0.319 e. The van der Waals surface area contributed by atoms with E-state index in [2.05, 4.69) is 12.0 Å². The first kappa shape index (κ1) is 25.3. The maximum Gasteiger partial charge on any atom is 0.319 e. The first-order valence-electron chi connectivity index (χ1n) is 12.0. The van der Waals surface area contributed by atoms with E-state index in [-0.39, 0.29) is 36.1 Å². The van der Waals surface area contributed by atoms with E-state index in [1.54, 1.807) is 36.0 Å². The molecular weight excluding hydrogens is 462 g/mol. The fourth-order valence-electron chi connectivity index (χ4n) is 4.41. The van der Waals surface area contributed by atoms with Crippen molar-refractivity contribution in [3.63, 3.8) is 0 Å². The molecule has 1 fully saturated rings. The molecule has 2 amide bonds. The van der Waals surface area contributed by atoms with Gasteiger partial charge in [-0.3, -0.25) is 4.79 Å². The van der Waals surface area contributed by atoms with E-state index in [1.807, 2.05) is 24.3 Å². The number of rotatable bonds is 7. The molecule has 0 bridgehead atoms. The molecule has 1 aliphatic heterocycles. The van der Waals surface area contributed by atoms with Gasteiger partial charge in [0.1, 0.15) is 12.3 Å². The van der Waals surface area contributed by atoms with E-state index in [1.165, 1.54) is 18.1 Å². The predicted molar refractivity (Wildman–Crippen MR) is 133 cm³/mol. The van der Waals surface area contributed by atoms with Gasteiger partial charge in [-0.05, 0) is 35.6 Å². The second kappa shape index (κ2) is 10.9. The van der Waals surface area contributed by atoms with Gasteiger partial charge in [-0.25, -0.2) is 4.79 Å². The van der Waals surface area contributed by atoms with Crippen LogP contribution in [0.2, 0.25) is 0 Å². The van der Waals surface area contributed by atoms with E-state index in [0.29, 0.717) is 31.1 Å². The number of ether oxygens (including phenoxy) is 2. The maximum absolute atomic E-state index is 13.3. The van der Waals surface area contributed by atoms with Crippen LogP contribution in [0, 0.1) is 5.92 Å². The summed E-state index contributed by atoms with van der Waals surface area (Å²) in [4.78, 5) is 29.4. The van der Waals surface area contributed by atoms with Crippen molar-refractivity contribution in [1.82, 2.24) is 19.6 Å². The van der Waals surface area contributed by atoms with Crippen molar-refractivity contribution in [2.45, 2.75) is 32.4 Å². The molecule has 0 radical (unpaired) electrons. The zero-order valence-electron chi connectivity index (χ0n) is 21.1. The molecule has 10 heteroatoms. The third-order valence-electron chi connectivity index (χ3n) is 6.55. The molecule has 0 aliphatic carbocycles. The number of carbonyl (C=O) groups is 2. The number of piperidine rings is 1. The maximum atomic E-state index is 13.3. The van der Waals surface area contributed by atoms with Crippen LogP contribution in [-0.4, -0.2) is 65.8 Å². The monoisotopic (exact) mass is 495 g/mol. The summed E-state index contributed by atoms with van der Waals surface area (Å²) in [5.41, 5.74) is 8.20. The van der Waals surface area contributed by atoms with E-state index in [9.17, 15) is 9.59 Å². The minimum atomic E-state index is -0.470. The van der Waals surface area contributed by atoms with E-state index < -0.39 is 5.91 Å². The summed E-state index contributed by atoms with van der Waals surface area (Å²) < 4.78 is 18.5. The molecule has 4 rings (SSSR count). The number of hydrogen-bond donors (Lipinski definition) is 1. The van der Waals surface area contributed by atoms with Gasteiger partial charge in [0.15, 0.2) is 5.76 Å². The van der Waals surface area contributed by atoms with Gasteiger partial charge in [0.25, 0.3) is 5.88 Å². The Bertz CT molecular complexity index is 1190. The van der Waals surface area contributed by atoms with Gasteiger partial charge in [0.05, 0.1) is 13.4 Å². The Balaban J connectivity index is 1.71. The summed E-state index contributed by atoms with van der Waals surface area (Å²) >= 11 is 0. The predicted octanol–water partition coefficient (Wildman–Crippen LogP) is 3.32. The number of amides is 2. The number of carbonyl (C=O) groups excluding carboxylic acids is 2. The summed E-state index contributed by atoms with van der Waals surface area (Å²) in [6.45, 7) is 3.89. The highest BCUT2D eigenvalue weighted by molar-refractivity contribution is 5.94. The van der Waals surface area contributed by atoms with Gasteiger partial charge in [0.2, 0.25) is 5.75 Å². The molecule has 2 aromatic heterocycles. The number of furan rings is 1. The van der Waals surface area contributed by atoms with Crippen molar-refractivity contribution in [1.29, 1.82) is 0 Å². The summed E-state index contributed by atoms with van der Waals surface area (Å²) in [6, 6.07) is 10.9. The number of likely N-dealkylation sites (tertiary alicyclic amines) is 1. The third kappa shape index (κ3) is 5.08. The lowest BCUT2D eigenvalue weighted by molar-refractivity contribution is 0.0896. The van der Waals surface area contributed by atoms with Crippen molar-refractivity contribution < 1.29 is 23.5 Å². The first-order valence-corrected chi connectivity index (χ1v) is 12.0. The number of nitrogens with two attached hydrogens (primary N) is 1. The zero-order chi connectivity index (χ0) is 25.8. The van der Waals surface area contributed by atoms with Crippen LogP contribution in [0.5, 0.6) is 11.6 Å². The van der Waals surface area contributed by atoms with Gasteiger partial charge in [-0.2, -0.15) is 9.78 Å². The third-order valence-corrected chi connectivity index (χ3v) is 6.55. The van der Waals surface area contributed by atoms with Gasteiger partial charge in [-0.15, -0.1) is 0 Å². The molecule has 1 saturated heterocycles. The van der Waals surface area contributed by atoms with Crippen LogP contribution in [0.15, 0.2) is 47.1 Å². The molecule has 1 aliphatic rings. The van der Waals surface area contributed by atoms with Crippen molar-refractivity contribution >= 4 is 11.9 Å². The number of methoxy groups -OCH3 is 1. The molecule has 1 aromatic carbocycles. The van der Waals surface area contributed by atoms with Crippen molar-refractivity contribution in [3.8, 4) is 11.6 Å². The lowest BCUT2D eigenvalue weighted by Gasteiger charge is -2.37. The molecule has 2 atom stereocenters. The van der Waals surface area contributed by atoms with Crippen LogP contribution in [-0.2, 0) is 13.2 Å². The van der Waals surface area contributed by atoms with Crippen molar-refractivity contribution in [2.24, 2.45) is 11.7 Å². The fourth-order valence-corrected chi connectivity index (χ4v) is 4.41. The van der Waals surface area contributed by atoms with E-state index in [4.69, 9.17) is 19.6 Å². The van der Waals surface area contributed by atoms with Crippen LogP contribution in [0.25, 0.3) is 0 Å². The minimum absolute atomic E-state index is 0.0608. The fraction of sp³-hybridized carbons (Fsp3) is 0.423. The Morgan fingerprint density at radius 3 is 2.53 bits per heavy atom. The van der Waals surface area contributed by atoms with E-state index in [0.717, 1.165) is 17.5 Å². The van der Waals surface area contributed by atoms with Gasteiger partial charge in [0, 0.05) is 39.6 Å². The normalized spacial score (nSPS) is 17.6. The lowest BCUT2D eigenvalue weighted by atomic mass is 9.84. The van der Waals surface area contributed by atoms with Crippen molar-refractivity contribution in [2.75, 3.05) is 34.3 Å². The quantitative estimate of drug-likeness (QED) is 0.534. The number of urea groups is 1. The topological polar surface area (TPSA) is 116 Å². The van der Waals surface area contributed by atoms with Gasteiger partial charge < -0.3 is 29.4 Å². The number of hydrogen-bond acceptors (Lipinski definition) is 7. The molecule has 0 saturated carbocycles. The SMILES string of the molecule is COc1c(C2CN(C(=O)N(C)C)CCC2C)nn(C(=O)c2ccco2)c1OCc1ccc(CN)cc1. The first-order chi connectivity index (χ1) is 17.3. The Morgan fingerprint density at radius 1 is 1.19 bits per heavy atom. The molecule has 3 heterocycles. The molecule has 36 heavy (non-hydrogen) atoms. The summed E-state index contributed by atoms with van der Waals surface area (Å²) in [7, 11) is 5.00. The summed E-state index contributed by atoms with van der Waals surface area (Å²) in [6.07, 6.45) is 2.23. The zero-order valence-corrected chi connectivity index (χ0v) is 21.1. The average Bonchev–Trinajstić information content (AvgIpc) is 3.55. The highest BCUT2D eigenvalue weighted by atomic mass is 16.5. The average molecular weight is 496 g/mol. The minimum Gasteiger partial charge on any atom is -0.490 e. The molecule has 0 spiro atoms. The van der Waals surface area contributed by atoms with Gasteiger partial charge >= 0.3 is 11.9 Å². The van der Waals surface area contributed by atoms with E-state index >= 15 is 0 Å². The van der Waals surface area contributed by atoms with Crippen LogP contribution in [0.4, 0.5) is 4.79 Å². The van der Waals surface area contributed by atoms with Gasteiger partial charge in [-0.1, -0.05) is 31.2 Å². The molecule has 10 nitrogen and oxygen atoms in total. The highest BCUT2D eigenvalue weighted by Gasteiger charge is 2.37. The number of benzene rings is 1. The highest BCUT2D eigenvalue weighted by Crippen LogP contribution is 2.42. The number of aromatic nitrogens is 2. The van der Waals surface area contributed by atoms with Crippen LogP contribution in [0.1, 0.15) is 46.6 Å². The van der Waals surface area contributed by atoms with Crippen molar-refractivity contribution in [3.05, 3.63) is 65.2 Å². The van der Waals surface area contributed by atoms with Crippen LogP contribution in [0.3, 0.4) is 0 Å². The molecule has 192 valence electrons. The largest absolute Gasteiger partial charge is 0.490 e. The molecular formula is C26H33N5O5. The Kier molecular flexibility index (Phi) is 7.64. The standard InChI is InChI=1S/C26H33N5O5/c1-17-11-12-30(26(33)29(2)3)15-20(17)22-23(34-4)25(31(28-22)24(32)21-6-5-13-35-21)36-16-19-9-7-18(14-27)8-10-19/h5-10,13,17,20H,11-12,14-16,27H2,1-4H3. The summed E-state index contributed by atoms with van der Waals surface area (Å²) in [5.74, 6) is 0.301. The molecule has 2 unspecified atom stereocenters. The summed E-state index contributed by atoms with van der Waals surface area (Å²) in [5, 5.41) is 4.68. The Morgan fingerprint density at radius 2 is 1.92 bits per heavy atom. The molecule has 3 aromatic rings. The lowest BCUT2D eigenvalue weighted by Crippen LogP contribution is -2.46. The number of nitrogens with zero attached hydrogens (tertiary/aromatic N) is 4. The van der Waals surface area contributed by atoms with Crippen LogP contribution < -0.4 is 15.2 Å². The Hall–Kier alpha value is -3.79. The van der Waals surface area contributed by atoms with Crippen LogP contribution >= 0.6 is 0 Å².